The molecule has 3 rings (SSSR count). The molecule has 3 heterocycles. The summed E-state index contributed by atoms with van der Waals surface area (Å²) in [6.07, 6.45) is 6.65. The van der Waals surface area contributed by atoms with Gasteiger partial charge in [0.1, 0.15) is 5.82 Å². The normalized spacial score (nSPS) is 10.9. The van der Waals surface area contributed by atoms with E-state index in [0.29, 0.717) is 18.1 Å². The zero-order valence-electron chi connectivity index (χ0n) is 9.49. The van der Waals surface area contributed by atoms with Crippen LogP contribution in [0.1, 0.15) is 0 Å². The standard InChI is InChI=1S/C11H11FN6/c12-9-1-2-10-15-11(16-18(10)7-9)14-4-6-17-5-3-13-8-17/h1-3,5,7-8H,4,6H2,(H,14,16). The summed E-state index contributed by atoms with van der Waals surface area (Å²) in [5.74, 6) is 0.151. The van der Waals surface area contributed by atoms with E-state index in [2.05, 4.69) is 20.4 Å². The van der Waals surface area contributed by atoms with Gasteiger partial charge in [0, 0.05) is 25.5 Å². The molecule has 0 aliphatic carbocycles. The van der Waals surface area contributed by atoms with Crippen molar-refractivity contribution >= 4 is 11.6 Å². The van der Waals surface area contributed by atoms with E-state index in [-0.39, 0.29) is 5.82 Å². The Kier molecular flexibility index (Phi) is 2.64. The Bertz CT molecular complexity index is 645. The van der Waals surface area contributed by atoms with Crippen LogP contribution in [0.3, 0.4) is 0 Å². The lowest BCUT2D eigenvalue weighted by atomic mass is 10.5. The number of hydrogen-bond donors (Lipinski definition) is 1. The van der Waals surface area contributed by atoms with E-state index in [1.54, 1.807) is 18.6 Å². The van der Waals surface area contributed by atoms with Gasteiger partial charge in [0.25, 0.3) is 0 Å². The molecule has 0 bridgehead atoms. The van der Waals surface area contributed by atoms with Crippen molar-refractivity contribution in [1.82, 2.24) is 24.1 Å². The number of hydrogen-bond acceptors (Lipinski definition) is 4. The van der Waals surface area contributed by atoms with Gasteiger partial charge >= 0.3 is 0 Å². The van der Waals surface area contributed by atoms with Crippen molar-refractivity contribution in [2.45, 2.75) is 6.54 Å². The molecule has 18 heavy (non-hydrogen) atoms. The van der Waals surface area contributed by atoms with Crippen LogP contribution in [0.2, 0.25) is 0 Å². The molecule has 0 spiro atoms. The van der Waals surface area contributed by atoms with Crippen molar-refractivity contribution in [2.24, 2.45) is 0 Å². The Morgan fingerprint density at radius 1 is 1.33 bits per heavy atom. The van der Waals surface area contributed by atoms with Crippen molar-refractivity contribution in [3.8, 4) is 0 Å². The number of fused-ring (bicyclic) bond motifs is 1. The summed E-state index contributed by atoms with van der Waals surface area (Å²) >= 11 is 0. The highest BCUT2D eigenvalue weighted by Crippen LogP contribution is 2.06. The van der Waals surface area contributed by atoms with Crippen LogP contribution in [0, 0.1) is 5.82 Å². The van der Waals surface area contributed by atoms with Gasteiger partial charge in [-0.05, 0) is 12.1 Å². The minimum absolute atomic E-state index is 0.336. The molecule has 0 amide bonds. The van der Waals surface area contributed by atoms with Crippen LogP contribution >= 0.6 is 0 Å². The molecule has 7 heteroatoms. The van der Waals surface area contributed by atoms with E-state index in [1.165, 1.54) is 16.8 Å². The smallest absolute Gasteiger partial charge is 0.243 e. The summed E-state index contributed by atoms with van der Waals surface area (Å²) in [7, 11) is 0. The molecule has 0 radical (unpaired) electrons. The largest absolute Gasteiger partial charge is 0.351 e. The van der Waals surface area contributed by atoms with E-state index in [1.807, 2.05) is 10.8 Å². The maximum Gasteiger partial charge on any atom is 0.243 e. The Hall–Kier alpha value is -2.44. The molecule has 0 unspecified atom stereocenters. The lowest BCUT2D eigenvalue weighted by Crippen LogP contribution is -2.10. The van der Waals surface area contributed by atoms with Gasteiger partial charge in [0.15, 0.2) is 5.65 Å². The summed E-state index contributed by atoms with van der Waals surface area (Å²) in [4.78, 5) is 8.17. The third-order valence-electron chi connectivity index (χ3n) is 2.51. The third-order valence-corrected chi connectivity index (χ3v) is 2.51. The molecule has 1 N–H and O–H groups in total. The molecule has 0 aliphatic heterocycles. The predicted molar refractivity (Wildman–Crippen MR) is 63.7 cm³/mol. The molecule has 0 aliphatic rings. The molecule has 0 saturated heterocycles. The average molecular weight is 246 g/mol. The van der Waals surface area contributed by atoms with Crippen molar-refractivity contribution in [3.63, 3.8) is 0 Å². The number of imidazole rings is 1. The molecule has 3 aromatic heterocycles. The number of nitrogens with one attached hydrogen (secondary N) is 1. The summed E-state index contributed by atoms with van der Waals surface area (Å²) in [6.45, 7) is 1.44. The second-order valence-electron chi connectivity index (χ2n) is 3.81. The summed E-state index contributed by atoms with van der Waals surface area (Å²) < 4.78 is 16.3. The topological polar surface area (TPSA) is 60.0 Å². The summed E-state index contributed by atoms with van der Waals surface area (Å²) in [5.41, 5.74) is 0.613. The first-order chi connectivity index (χ1) is 8.81. The minimum atomic E-state index is -0.336. The van der Waals surface area contributed by atoms with E-state index in [4.69, 9.17) is 0 Å². The molecule has 0 fully saturated rings. The van der Waals surface area contributed by atoms with Gasteiger partial charge in [0.2, 0.25) is 5.95 Å². The first-order valence-corrected chi connectivity index (χ1v) is 5.53. The van der Waals surface area contributed by atoms with E-state index in [0.717, 1.165) is 6.54 Å². The maximum atomic E-state index is 13.0. The predicted octanol–water partition coefficient (Wildman–Crippen LogP) is 1.18. The number of pyridine rings is 1. The van der Waals surface area contributed by atoms with Gasteiger partial charge in [-0.15, -0.1) is 5.10 Å². The average Bonchev–Trinajstić information content (AvgIpc) is 2.97. The molecule has 0 atom stereocenters. The van der Waals surface area contributed by atoms with Gasteiger partial charge in [0.05, 0.1) is 12.5 Å². The molecule has 3 aromatic rings. The van der Waals surface area contributed by atoms with Gasteiger partial charge < -0.3 is 9.88 Å². The number of nitrogens with zero attached hydrogens (tertiary/aromatic N) is 5. The molecule has 0 saturated carbocycles. The highest BCUT2D eigenvalue weighted by molar-refractivity contribution is 5.42. The van der Waals surface area contributed by atoms with E-state index in [9.17, 15) is 4.39 Å². The Morgan fingerprint density at radius 3 is 3.11 bits per heavy atom. The number of halogens is 1. The van der Waals surface area contributed by atoms with Crippen molar-refractivity contribution in [3.05, 3.63) is 42.9 Å². The van der Waals surface area contributed by atoms with Crippen LogP contribution in [0.5, 0.6) is 0 Å². The van der Waals surface area contributed by atoms with Crippen LogP contribution in [0.25, 0.3) is 5.65 Å². The fourth-order valence-corrected chi connectivity index (χ4v) is 1.65. The molecule has 0 aromatic carbocycles. The number of anilines is 1. The fraction of sp³-hybridized carbons (Fsp3) is 0.182. The number of aromatic nitrogens is 5. The Balaban J connectivity index is 1.67. The SMILES string of the molecule is Fc1ccc2nc(NCCn3ccnc3)nn2c1. The lowest BCUT2D eigenvalue weighted by molar-refractivity contribution is 0.614. The highest BCUT2D eigenvalue weighted by atomic mass is 19.1. The maximum absolute atomic E-state index is 13.0. The van der Waals surface area contributed by atoms with Crippen LogP contribution in [0.4, 0.5) is 10.3 Å². The summed E-state index contributed by atoms with van der Waals surface area (Å²) in [5, 5.41) is 7.20. The van der Waals surface area contributed by atoms with Crippen LogP contribution < -0.4 is 5.32 Å². The van der Waals surface area contributed by atoms with Gasteiger partial charge in [-0.2, -0.15) is 4.98 Å². The van der Waals surface area contributed by atoms with Gasteiger partial charge in [-0.3, -0.25) is 0 Å². The van der Waals surface area contributed by atoms with Gasteiger partial charge in [-0.1, -0.05) is 0 Å². The quantitative estimate of drug-likeness (QED) is 0.751. The van der Waals surface area contributed by atoms with Crippen molar-refractivity contribution in [2.75, 3.05) is 11.9 Å². The van der Waals surface area contributed by atoms with Crippen LogP contribution in [-0.4, -0.2) is 30.7 Å². The van der Waals surface area contributed by atoms with E-state index >= 15 is 0 Å². The zero-order chi connectivity index (χ0) is 12.4. The fourth-order valence-electron chi connectivity index (χ4n) is 1.65. The van der Waals surface area contributed by atoms with Crippen LogP contribution in [-0.2, 0) is 6.54 Å². The van der Waals surface area contributed by atoms with Crippen molar-refractivity contribution < 1.29 is 4.39 Å². The third kappa shape index (κ3) is 2.15. The highest BCUT2D eigenvalue weighted by Gasteiger charge is 2.03. The Labute approximate surface area is 102 Å². The van der Waals surface area contributed by atoms with Crippen LogP contribution in [0.15, 0.2) is 37.1 Å². The number of rotatable bonds is 4. The Morgan fingerprint density at radius 2 is 2.28 bits per heavy atom. The first kappa shape index (κ1) is 10.7. The molecule has 92 valence electrons. The van der Waals surface area contributed by atoms with Crippen molar-refractivity contribution in [1.29, 1.82) is 0 Å². The van der Waals surface area contributed by atoms with E-state index < -0.39 is 0 Å². The minimum Gasteiger partial charge on any atom is -0.351 e. The molecular formula is C11H11FN6. The monoisotopic (exact) mass is 246 g/mol. The second-order valence-corrected chi connectivity index (χ2v) is 3.81. The second kappa shape index (κ2) is 4.44. The molecular weight excluding hydrogens is 235 g/mol. The summed E-state index contributed by atoms with van der Waals surface area (Å²) in [6, 6.07) is 2.95. The van der Waals surface area contributed by atoms with Gasteiger partial charge in [-0.25, -0.2) is 13.9 Å². The molecule has 6 nitrogen and oxygen atoms in total. The zero-order valence-corrected chi connectivity index (χ0v) is 9.49. The lowest BCUT2D eigenvalue weighted by Gasteiger charge is -2.01. The first-order valence-electron chi connectivity index (χ1n) is 5.53.